The van der Waals surface area contributed by atoms with Crippen molar-refractivity contribution in [1.29, 1.82) is 0 Å². The first kappa shape index (κ1) is 47.6. The molecule has 0 amide bonds. The van der Waals surface area contributed by atoms with Crippen molar-refractivity contribution in [1.82, 2.24) is 0 Å². The zero-order valence-electron chi connectivity index (χ0n) is 38.6. The molecule has 0 spiro atoms. The van der Waals surface area contributed by atoms with Crippen molar-refractivity contribution in [2.75, 3.05) is 19.8 Å². The monoisotopic (exact) mass is 920 g/mol. The summed E-state index contributed by atoms with van der Waals surface area (Å²) in [6.07, 6.45) is -12.0. The Morgan fingerprint density at radius 1 is 0.667 bits per heavy atom. The maximum Gasteiger partial charge on any atom is 0.303 e. The zero-order valence-corrected chi connectivity index (χ0v) is 38.6. The van der Waals surface area contributed by atoms with E-state index in [1.165, 1.54) is 6.92 Å². The van der Waals surface area contributed by atoms with Crippen LogP contribution in [0.15, 0.2) is 91.0 Å². The normalized spacial score (nSPS) is 40.7. The van der Waals surface area contributed by atoms with E-state index in [0.717, 1.165) is 16.7 Å². The highest BCUT2D eigenvalue weighted by Gasteiger charge is 2.62. The highest BCUT2D eigenvalue weighted by atomic mass is 16.8. The molecule has 1 N–H and O–H groups in total. The fourth-order valence-corrected chi connectivity index (χ4v) is 9.93. The second-order valence-corrected chi connectivity index (χ2v) is 18.7. The van der Waals surface area contributed by atoms with E-state index in [9.17, 15) is 9.90 Å². The third-order valence-electron chi connectivity index (χ3n) is 13.2. The van der Waals surface area contributed by atoms with Crippen LogP contribution in [0.4, 0.5) is 0 Å². The Kier molecular flexibility index (Phi) is 14.6. The van der Waals surface area contributed by atoms with E-state index in [1.54, 1.807) is 13.8 Å². The van der Waals surface area contributed by atoms with Crippen molar-refractivity contribution >= 4 is 5.97 Å². The van der Waals surface area contributed by atoms with Gasteiger partial charge in [0.2, 0.25) is 0 Å². The van der Waals surface area contributed by atoms with Crippen LogP contribution in [-0.2, 0) is 84.3 Å². The summed E-state index contributed by atoms with van der Waals surface area (Å²) in [6.45, 7) is 13.6. The van der Waals surface area contributed by atoms with Gasteiger partial charge in [0.25, 0.3) is 0 Å². The maximum atomic E-state index is 11.9. The number of rotatable bonds is 15. The Morgan fingerprint density at radius 3 is 1.97 bits per heavy atom. The molecule has 6 fully saturated rings. The molecule has 6 saturated heterocycles. The number of fused-ring (bicyclic) bond motifs is 2. The molecule has 0 aromatic heterocycles. The lowest BCUT2D eigenvalue weighted by molar-refractivity contribution is -0.350. The minimum absolute atomic E-state index is 0.142. The molecule has 66 heavy (non-hydrogen) atoms. The van der Waals surface area contributed by atoms with Gasteiger partial charge in [-0.05, 0) is 45.7 Å². The standard InChI is InChI=1S/C50H64O16/c1-28-38(60-48-44-50(27-56-48,26-53-23-33-17-11-8-12-18-33)66-46(63-44)35-21-15-10-16-22-35)36(54-24-34-19-13-9-14-20-34)25-55-45(28)62-41-31(4)58-47(43-42(41)64-49(6,7)65-43)61-40-30(3)57-29(2)39(37(40)52)59-32(5)51/h8-22,28-31,36-48,52H,23-27H2,1-7H3/t28?,29?,30-,31+,36+,37?,38?,39-,40?,41-,42?,43?,44?,45-,46-,47-,48-,50-/m0/s1. The van der Waals surface area contributed by atoms with Crippen LogP contribution < -0.4 is 0 Å². The number of carbonyl (C=O) groups is 1. The minimum Gasteiger partial charge on any atom is -0.457 e. The average molecular weight is 921 g/mol. The summed E-state index contributed by atoms with van der Waals surface area (Å²) >= 11 is 0. The van der Waals surface area contributed by atoms with Crippen LogP contribution in [-0.4, -0.2) is 134 Å². The lowest BCUT2D eigenvalue weighted by atomic mass is 9.94. The molecule has 16 nitrogen and oxygen atoms in total. The molecule has 0 aliphatic carbocycles. The Labute approximate surface area is 386 Å². The summed E-state index contributed by atoms with van der Waals surface area (Å²) < 4.78 is 90.8. The number of benzene rings is 3. The smallest absolute Gasteiger partial charge is 0.303 e. The molecule has 360 valence electrons. The average Bonchev–Trinajstić information content (AvgIpc) is 3.95. The van der Waals surface area contributed by atoms with Crippen LogP contribution in [0.1, 0.15) is 71.4 Å². The molecule has 0 bridgehead atoms. The molecule has 16 heteroatoms. The van der Waals surface area contributed by atoms with Crippen molar-refractivity contribution in [3.8, 4) is 0 Å². The van der Waals surface area contributed by atoms with E-state index in [4.69, 9.17) is 66.3 Å². The van der Waals surface area contributed by atoms with Crippen LogP contribution in [0.5, 0.6) is 0 Å². The topological polar surface area (TPSA) is 167 Å². The number of esters is 1. The van der Waals surface area contributed by atoms with Crippen LogP contribution in [0.25, 0.3) is 0 Å². The quantitative estimate of drug-likeness (QED) is 0.190. The third kappa shape index (κ3) is 10.3. The van der Waals surface area contributed by atoms with Gasteiger partial charge >= 0.3 is 5.97 Å². The van der Waals surface area contributed by atoms with Crippen molar-refractivity contribution in [3.05, 3.63) is 108 Å². The molecule has 18 atom stereocenters. The molecule has 0 radical (unpaired) electrons. The second kappa shape index (κ2) is 20.3. The molecule has 6 aliphatic heterocycles. The van der Waals surface area contributed by atoms with E-state index in [0.29, 0.717) is 13.2 Å². The first-order valence-corrected chi connectivity index (χ1v) is 23.1. The van der Waals surface area contributed by atoms with E-state index in [2.05, 4.69) is 0 Å². The molecule has 9 rings (SSSR count). The number of aliphatic hydroxyl groups is 1. The highest BCUT2D eigenvalue weighted by molar-refractivity contribution is 5.66. The molecule has 0 saturated carbocycles. The van der Waals surface area contributed by atoms with Crippen molar-refractivity contribution in [3.63, 3.8) is 0 Å². The molecule has 3 aromatic carbocycles. The number of hydrogen-bond donors (Lipinski definition) is 1. The van der Waals surface area contributed by atoms with E-state index in [1.807, 2.05) is 119 Å². The third-order valence-corrected chi connectivity index (χ3v) is 13.2. The highest BCUT2D eigenvalue weighted by Crippen LogP contribution is 2.47. The number of ether oxygens (including phenoxy) is 14. The summed E-state index contributed by atoms with van der Waals surface area (Å²) in [5.74, 6) is -2.00. The Hall–Kier alpha value is -3.43. The molecular formula is C50H64O16. The SMILES string of the molecule is CC(=O)O[C@H]1C(C)O[C@@H](C)C(O[C@@H]2O[C@H](C)[C@H](O[C@@H]3OC[C@@H](OCc4ccccc4)C(O[C@@H]4OC[C@]5(COCc6ccccc6)O[C@@H](c6ccccc6)OC45)C3C)C3OC(C)(C)OC32)C1O. The fraction of sp³-hybridized carbons (Fsp3) is 0.620. The van der Waals surface area contributed by atoms with Gasteiger partial charge in [-0.25, -0.2) is 0 Å². The van der Waals surface area contributed by atoms with E-state index in [-0.39, 0.29) is 19.8 Å². The van der Waals surface area contributed by atoms with Crippen LogP contribution in [0.2, 0.25) is 0 Å². The van der Waals surface area contributed by atoms with Gasteiger partial charge in [-0.2, -0.15) is 0 Å². The summed E-state index contributed by atoms with van der Waals surface area (Å²) in [5, 5.41) is 11.4. The lowest BCUT2D eigenvalue weighted by Gasteiger charge is -2.48. The Balaban J connectivity index is 0.930. The second-order valence-electron chi connectivity index (χ2n) is 18.7. The summed E-state index contributed by atoms with van der Waals surface area (Å²) in [6, 6.07) is 29.7. The minimum atomic E-state index is -1.19. The van der Waals surface area contributed by atoms with Gasteiger partial charge in [0.05, 0.1) is 57.5 Å². The molecule has 3 aromatic rings. The van der Waals surface area contributed by atoms with E-state index < -0.39 is 122 Å². The summed E-state index contributed by atoms with van der Waals surface area (Å²) in [7, 11) is 0. The predicted octanol–water partition coefficient (Wildman–Crippen LogP) is 5.51. The first-order chi connectivity index (χ1) is 31.8. The van der Waals surface area contributed by atoms with Gasteiger partial charge in [-0.1, -0.05) is 97.9 Å². The van der Waals surface area contributed by atoms with Crippen molar-refractivity contribution in [2.24, 2.45) is 5.92 Å². The van der Waals surface area contributed by atoms with Crippen LogP contribution in [0, 0.1) is 5.92 Å². The van der Waals surface area contributed by atoms with Crippen molar-refractivity contribution in [2.45, 2.75) is 171 Å². The number of carbonyl (C=O) groups excluding carboxylic acids is 1. The molecule has 6 heterocycles. The number of hydrogen-bond acceptors (Lipinski definition) is 16. The molecule has 8 unspecified atom stereocenters. The zero-order chi connectivity index (χ0) is 46.2. The van der Waals surface area contributed by atoms with Crippen LogP contribution in [0.3, 0.4) is 0 Å². The Bertz CT molecular complexity index is 2030. The largest absolute Gasteiger partial charge is 0.457 e. The van der Waals surface area contributed by atoms with Gasteiger partial charge in [-0.3, -0.25) is 4.79 Å². The molecular weight excluding hydrogens is 857 g/mol. The van der Waals surface area contributed by atoms with Gasteiger partial charge in [-0.15, -0.1) is 0 Å². The van der Waals surface area contributed by atoms with Gasteiger partial charge in [0.1, 0.15) is 48.3 Å². The van der Waals surface area contributed by atoms with E-state index >= 15 is 0 Å². The maximum absolute atomic E-state index is 11.9. The van der Waals surface area contributed by atoms with Crippen molar-refractivity contribution < 1.29 is 76.2 Å². The van der Waals surface area contributed by atoms with Gasteiger partial charge in [0.15, 0.2) is 37.1 Å². The fourth-order valence-electron chi connectivity index (χ4n) is 9.93. The van der Waals surface area contributed by atoms with Gasteiger partial charge in [0, 0.05) is 18.4 Å². The molecule has 6 aliphatic rings. The summed E-state index contributed by atoms with van der Waals surface area (Å²) in [5.41, 5.74) is 1.95. The first-order valence-electron chi connectivity index (χ1n) is 23.1. The summed E-state index contributed by atoms with van der Waals surface area (Å²) in [4.78, 5) is 11.9. The Morgan fingerprint density at radius 2 is 1.27 bits per heavy atom. The predicted molar refractivity (Wildman–Crippen MR) is 232 cm³/mol. The van der Waals surface area contributed by atoms with Crippen LogP contribution >= 0.6 is 0 Å². The number of aliphatic hydroxyl groups excluding tert-OH is 1. The van der Waals surface area contributed by atoms with Gasteiger partial charge < -0.3 is 71.4 Å². The lowest BCUT2D eigenvalue weighted by Crippen LogP contribution is -2.63.